The molecule has 3 atom stereocenters. The molecule has 49 heavy (non-hydrogen) atoms. The van der Waals surface area contributed by atoms with E-state index in [1.807, 2.05) is 24.4 Å². The lowest BCUT2D eigenvalue weighted by atomic mass is 9.97. The Morgan fingerprint density at radius 2 is 1.88 bits per heavy atom. The highest BCUT2D eigenvalue weighted by Crippen LogP contribution is 2.35. The number of rotatable bonds is 7. The second-order valence-electron chi connectivity index (χ2n) is 14.0. The van der Waals surface area contributed by atoms with Gasteiger partial charge >= 0.3 is 0 Å². The molecule has 0 saturated carbocycles. The van der Waals surface area contributed by atoms with Gasteiger partial charge in [-0.2, -0.15) is 0 Å². The molecule has 0 aliphatic carbocycles. The average molecular weight is 665 g/mol. The van der Waals surface area contributed by atoms with Gasteiger partial charge in [-0.15, -0.1) is 0 Å². The van der Waals surface area contributed by atoms with E-state index in [2.05, 4.69) is 44.6 Å². The van der Waals surface area contributed by atoms with Crippen LogP contribution >= 0.6 is 0 Å². The number of nitrogens with zero attached hydrogens (tertiary/aromatic N) is 7. The molecule has 2 N–H and O–H groups in total. The van der Waals surface area contributed by atoms with Gasteiger partial charge in [0.25, 0.3) is 5.91 Å². The predicted octanol–water partition coefficient (Wildman–Crippen LogP) is 3.53. The van der Waals surface area contributed by atoms with Gasteiger partial charge in [0.05, 0.1) is 48.0 Å². The van der Waals surface area contributed by atoms with Crippen LogP contribution in [-0.2, 0) is 24.1 Å². The van der Waals surface area contributed by atoms with E-state index in [0.29, 0.717) is 70.7 Å². The van der Waals surface area contributed by atoms with Crippen molar-refractivity contribution < 1.29 is 19.4 Å². The van der Waals surface area contributed by atoms with Crippen LogP contribution in [0.3, 0.4) is 0 Å². The lowest BCUT2D eigenvalue weighted by Crippen LogP contribution is -2.63. The Bertz CT molecular complexity index is 1830. The summed E-state index contributed by atoms with van der Waals surface area (Å²) in [5, 5.41) is 14.4. The highest BCUT2D eigenvalue weighted by Gasteiger charge is 2.37. The summed E-state index contributed by atoms with van der Waals surface area (Å²) in [6.07, 6.45) is 10.9. The third-order valence-corrected chi connectivity index (χ3v) is 10.9. The quantitative estimate of drug-likeness (QED) is 0.363. The standard InChI is InChI=1S/C37H44N8O4/c1-23-18-45(28-21-49-22-28)24(2)17-44(23)27-7-8-34(39-16-27)40-32-14-25(19-41(3)37(32)48)29-9-11-38-35(31(29)20-46)43-13-10-33-30(36(43)47)15-26-6-4-5-12-42(26)33/h7-9,11,14-16,19-20,23-24,28,37,48H,4-6,10,12-13,17-18,21-22H2,1-3H3,(H,39,40)/t23-,24+,37?/m0/s1. The second-order valence-corrected chi connectivity index (χ2v) is 14.0. The Morgan fingerprint density at radius 3 is 2.63 bits per heavy atom. The average Bonchev–Trinajstić information content (AvgIpc) is 3.47. The number of nitrogens with one attached hydrogen (secondary N) is 1. The smallest absolute Gasteiger partial charge is 0.261 e. The number of piperazine rings is 1. The molecule has 12 nitrogen and oxygen atoms in total. The number of carbonyl (C=O) groups excluding carboxylic acids is 2. The van der Waals surface area contributed by atoms with E-state index in [4.69, 9.17) is 9.72 Å². The van der Waals surface area contributed by atoms with E-state index < -0.39 is 6.23 Å². The van der Waals surface area contributed by atoms with Crippen LogP contribution in [0.2, 0.25) is 0 Å². The fourth-order valence-electron chi connectivity index (χ4n) is 8.13. The van der Waals surface area contributed by atoms with E-state index >= 15 is 0 Å². The fourth-order valence-corrected chi connectivity index (χ4v) is 8.13. The van der Waals surface area contributed by atoms with Gasteiger partial charge in [0, 0.05) is 81.1 Å². The van der Waals surface area contributed by atoms with Crippen molar-refractivity contribution in [2.24, 2.45) is 0 Å². The van der Waals surface area contributed by atoms with E-state index in [1.54, 1.807) is 35.3 Å². The number of carbonyl (C=O) groups is 2. The Labute approximate surface area is 286 Å². The minimum atomic E-state index is -0.946. The van der Waals surface area contributed by atoms with Crippen LogP contribution in [0.25, 0.3) is 5.57 Å². The summed E-state index contributed by atoms with van der Waals surface area (Å²) in [6, 6.07) is 9.09. The monoisotopic (exact) mass is 664 g/mol. The molecule has 3 aromatic heterocycles. The molecule has 2 saturated heterocycles. The van der Waals surface area contributed by atoms with E-state index in [9.17, 15) is 14.7 Å². The summed E-state index contributed by atoms with van der Waals surface area (Å²) in [6.45, 7) is 9.47. The maximum atomic E-state index is 13.8. The van der Waals surface area contributed by atoms with Crippen molar-refractivity contribution in [1.82, 2.24) is 24.3 Å². The van der Waals surface area contributed by atoms with Gasteiger partial charge < -0.3 is 29.5 Å². The normalized spacial score (nSPS) is 24.5. The molecule has 1 unspecified atom stereocenters. The predicted molar refractivity (Wildman–Crippen MR) is 188 cm³/mol. The first-order valence-corrected chi connectivity index (χ1v) is 17.4. The molecule has 256 valence electrons. The van der Waals surface area contributed by atoms with Crippen LogP contribution in [0, 0.1) is 0 Å². The summed E-state index contributed by atoms with van der Waals surface area (Å²) in [4.78, 5) is 44.1. The molecule has 0 spiro atoms. The number of anilines is 3. The number of aliphatic hydroxyl groups is 1. The number of aliphatic hydroxyl groups excluding tert-OH is 1. The van der Waals surface area contributed by atoms with Gasteiger partial charge in [-0.3, -0.25) is 19.4 Å². The number of hydrogen-bond acceptors (Lipinski definition) is 10. The minimum Gasteiger partial charge on any atom is -0.378 e. The summed E-state index contributed by atoms with van der Waals surface area (Å²) in [5.41, 5.74) is 6.28. The molecular formula is C37H44N8O4. The zero-order chi connectivity index (χ0) is 33.8. The van der Waals surface area contributed by atoms with Gasteiger partial charge in [-0.05, 0) is 69.0 Å². The number of aryl methyl sites for hydroxylation is 1. The van der Waals surface area contributed by atoms with Crippen molar-refractivity contribution in [1.29, 1.82) is 0 Å². The maximum absolute atomic E-state index is 13.8. The molecule has 5 aliphatic heterocycles. The Hall–Kier alpha value is -4.52. The number of pyridine rings is 2. The first-order chi connectivity index (χ1) is 23.8. The molecule has 5 aliphatic rings. The van der Waals surface area contributed by atoms with Crippen LogP contribution < -0.4 is 15.1 Å². The summed E-state index contributed by atoms with van der Waals surface area (Å²) in [7, 11) is 1.78. The number of likely N-dealkylation sites (N-methyl/N-ethyl adjacent to an activating group) is 1. The lowest BCUT2D eigenvalue weighted by Gasteiger charge is -2.50. The van der Waals surface area contributed by atoms with Gasteiger partial charge in [0.1, 0.15) is 11.6 Å². The van der Waals surface area contributed by atoms with Crippen molar-refractivity contribution >= 4 is 35.1 Å². The largest absolute Gasteiger partial charge is 0.378 e. The van der Waals surface area contributed by atoms with Crippen molar-refractivity contribution in [2.75, 3.05) is 55.0 Å². The topological polar surface area (TPSA) is 119 Å². The first-order valence-electron chi connectivity index (χ1n) is 17.4. The van der Waals surface area contributed by atoms with Crippen LogP contribution in [0.4, 0.5) is 17.3 Å². The molecular weight excluding hydrogens is 620 g/mol. The first kappa shape index (κ1) is 31.7. The maximum Gasteiger partial charge on any atom is 0.261 e. The fraction of sp³-hybridized carbons (Fsp3) is 0.459. The number of fused-ring (bicyclic) bond motifs is 3. The van der Waals surface area contributed by atoms with Crippen LogP contribution in [0.5, 0.6) is 0 Å². The van der Waals surface area contributed by atoms with Crippen molar-refractivity contribution in [3.8, 4) is 0 Å². The third kappa shape index (κ3) is 5.61. The van der Waals surface area contributed by atoms with Crippen LogP contribution in [0.1, 0.15) is 64.4 Å². The summed E-state index contributed by atoms with van der Waals surface area (Å²) in [5.74, 6) is 0.838. The molecule has 8 heterocycles. The molecule has 8 rings (SSSR count). The third-order valence-electron chi connectivity index (χ3n) is 10.9. The van der Waals surface area contributed by atoms with Crippen LogP contribution in [-0.4, -0.2) is 106 Å². The van der Waals surface area contributed by atoms with Crippen molar-refractivity contribution in [2.45, 2.75) is 70.4 Å². The van der Waals surface area contributed by atoms with Gasteiger partial charge in [-0.25, -0.2) is 9.97 Å². The molecule has 0 radical (unpaired) electrons. The lowest BCUT2D eigenvalue weighted by molar-refractivity contribution is -0.0828. The highest BCUT2D eigenvalue weighted by atomic mass is 16.5. The van der Waals surface area contributed by atoms with Crippen molar-refractivity contribution in [3.63, 3.8) is 0 Å². The van der Waals surface area contributed by atoms with E-state index in [0.717, 1.165) is 69.8 Å². The Balaban J connectivity index is 1.02. The molecule has 1 amide bonds. The Morgan fingerprint density at radius 1 is 1.02 bits per heavy atom. The molecule has 0 aromatic carbocycles. The van der Waals surface area contributed by atoms with Gasteiger partial charge in [0.15, 0.2) is 12.5 Å². The van der Waals surface area contributed by atoms with Gasteiger partial charge in [-0.1, -0.05) is 0 Å². The highest BCUT2D eigenvalue weighted by molar-refractivity contribution is 6.10. The molecule has 3 aromatic rings. The van der Waals surface area contributed by atoms with Crippen LogP contribution in [0.15, 0.2) is 54.6 Å². The van der Waals surface area contributed by atoms with Gasteiger partial charge in [0.2, 0.25) is 0 Å². The number of amides is 1. The second kappa shape index (κ2) is 12.7. The number of allylic oxidation sites excluding steroid dienone is 2. The number of aromatic nitrogens is 3. The summed E-state index contributed by atoms with van der Waals surface area (Å²) >= 11 is 0. The Kier molecular flexibility index (Phi) is 8.25. The molecule has 0 bridgehead atoms. The van der Waals surface area contributed by atoms with Crippen molar-refractivity contribution in [3.05, 3.63) is 82.7 Å². The number of ether oxygens (including phenoxy) is 1. The number of aldehydes is 1. The number of hydrogen-bond donors (Lipinski definition) is 2. The van der Waals surface area contributed by atoms with E-state index in [1.165, 1.54) is 5.69 Å². The zero-order valence-corrected chi connectivity index (χ0v) is 28.4. The van der Waals surface area contributed by atoms with E-state index in [-0.39, 0.29) is 5.91 Å². The molecule has 2 fully saturated rings. The summed E-state index contributed by atoms with van der Waals surface area (Å²) < 4.78 is 7.75. The SMILES string of the molecule is C[C@@H]1CN(c2ccc(NC3=CC(c4ccnc(N5CCc6c(cc7n6CCCC7)C5=O)c4C=O)=CN(C)C3O)nc2)[C@@H](C)CN1C1COC1. The molecule has 12 heteroatoms. The zero-order valence-electron chi connectivity index (χ0n) is 28.4. The minimum absolute atomic E-state index is 0.118.